The van der Waals surface area contributed by atoms with Gasteiger partial charge in [-0.15, -0.1) is 0 Å². The molecule has 1 unspecified atom stereocenters. The molecular weight excluding hydrogens is 476 g/mol. The molecule has 1 aliphatic rings. The maximum atomic E-state index is 13.7. The molecule has 0 bridgehead atoms. The molecule has 36 heavy (non-hydrogen) atoms. The Hall–Kier alpha value is -3.64. The number of rotatable bonds is 5. The first-order valence-corrected chi connectivity index (χ1v) is 12.1. The van der Waals surface area contributed by atoms with Gasteiger partial charge >= 0.3 is 5.97 Å². The molecule has 2 amide bonds. The highest BCUT2D eigenvalue weighted by Crippen LogP contribution is 2.34. The van der Waals surface area contributed by atoms with E-state index in [1.165, 1.54) is 6.92 Å². The van der Waals surface area contributed by atoms with Gasteiger partial charge in [-0.05, 0) is 79.4 Å². The third kappa shape index (κ3) is 5.77. The van der Waals surface area contributed by atoms with Gasteiger partial charge in [0.1, 0.15) is 0 Å². The Labute approximate surface area is 216 Å². The molecule has 6 nitrogen and oxygen atoms in total. The van der Waals surface area contributed by atoms with Gasteiger partial charge in [-0.2, -0.15) is 0 Å². The summed E-state index contributed by atoms with van der Waals surface area (Å²) in [6.45, 7) is 5.72. The molecule has 0 saturated heterocycles. The molecule has 2 radical (unpaired) electrons. The van der Waals surface area contributed by atoms with Gasteiger partial charge in [0, 0.05) is 53.3 Å². The van der Waals surface area contributed by atoms with Gasteiger partial charge in [-0.3, -0.25) is 14.4 Å². The number of carbonyl (C=O) groups excluding carboxylic acids is 3. The number of fused-ring (bicyclic) bond motifs is 1. The fourth-order valence-corrected chi connectivity index (χ4v) is 4.44. The van der Waals surface area contributed by atoms with E-state index in [0.29, 0.717) is 46.1 Å². The zero-order valence-corrected chi connectivity index (χ0v) is 21.2. The van der Waals surface area contributed by atoms with E-state index in [1.54, 1.807) is 41.3 Å². The van der Waals surface area contributed by atoms with Gasteiger partial charge in [0.2, 0.25) is 0 Å². The van der Waals surface area contributed by atoms with Gasteiger partial charge in [-0.25, -0.2) is 0 Å². The monoisotopic (exact) mass is 502 g/mol. The number of esters is 1. The SMILES string of the molecule is CC(=O)OCC1[C]c2cc(Cl)ccc2N(C(=O)c2ccc(NC(=O)c3ccccc3C)cc2C)CC1. The smallest absolute Gasteiger partial charge is 0.302 e. The van der Waals surface area contributed by atoms with E-state index < -0.39 is 0 Å². The largest absolute Gasteiger partial charge is 0.466 e. The van der Waals surface area contributed by atoms with E-state index in [1.807, 2.05) is 38.1 Å². The molecule has 1 aliphatic heterocycles. The predicted octanol–water partition coefficient (Wildman–Crippen LogP) is 5.87. The molecule has 0 fully saturated rings. The number of ether oxygens (including phenoxy) is 1. The zero-order valence-electron chi connectivity index (χ0n) is 20.4. The fourth-order valence-electron chi connectivity index (χ4n) is 4.26. The molecule has 1 heterocycles. The molecule has 0 spiro atoms. The van der Waals surface area contributed by atoms with Crippen LogP contribution in [0.4, 0.5) is 11.4 Å². The Morgan fingerprint density at radius 1 is 1.03 bits per heavy atom. The predicted molar refractivity (Wildman–Crippen MR) is 141 cm³/mol. The highest BCUT2D eigenvalue weighted by atomic mass is 35.5. The Kier molecular flexibility index (Phi) is 7.75. The Balaban J connectivity index is 1.56. The number of nitrogens with zero attached hydrogens (tertiary/aromatic N) is 1. The number of hydrogen-bond acceptors (Lipinski definition) is 4. The topological polar surface area (TPSA) is 75.7 Å². The van der Waals surface area contributed by atoms with Crippen molar-refractivity contribution in [3.63, 3.8) is 0 Å². The quantitative estimate of drug-likeness (QED) is 0.443. The van der Waals surface area contributed by atoms with Crippen LogP contribution in [-0.4, -0.2) is 30.9 Å². The van der Waals surface area contributed by atoms with Crippen molar-refractivity contribution in [3.05, 3.63) is 99.9 Å². The van der Waals surface area contributed by atoms with Crippen molar-refractivity contribution < 1.29 is 19.1 Å². The second-order valence-corrected chi connectivity index (χ2v) is 9.29. The van der Waals surface area contributed by atoms with Crippen LogP contribution in [0.25, 0.3) is 0 Å². The van der Waals surface area contributed by atoms with Crippen LogP contribution in [-0.2, 0) is 9.53 Å². The standard InChI is InChI=1S/C29H27ClN2O4/c1-18-6-4-5-7-25(18)28(34)31-24-9-10-26(19(2)14-24)29(35)32-13-12-21(17-36-20(3)33)15-22-16-23(30)8-11-27(22)32/h4-11,14,16,21H,12-13,17H2,1-3H3,(H,31,34). The molecule has 1 N–H and O–H groups in total. The average Bonchev–Trinajstić information content (AvgIpc) is 3.01. The normalized spacial score (nSPS) is 15.0. The lowest BCUT2D eigenvalue weighted by atomic mass is 9.98. The van der Waals surface area contributed by atoms with Crippen molar-refractivity contribution in [3.8, 4) is 0 Å². The van der Waals surface area contributed by atoms with E-state index in [4.69, 9.17) is 16.3 Å². The van der Waals surface area contributed by atoms with Crippen LogP contribution >= 0.6 is 11.6 Å². The van der Waals surface area contributed by atoms with Crippen molar-refractivity contribution in [2.24, 2.45) is 5.92 Å². The second kappa shape index (κ2) is 11.0. The fraction of sp³-hybridized carbons (Fsp3) is 0.241. The van der Waals surface area contributed by atoms with Crippen molar-refractivity contribution >= 4 is 40.8 Å². The first-order chi connectivity index (χ1) is 17.2. The van der Waals surface area contributed by atoms with E-state index in [2.05, 4.69) is 11.7 Å². The lowest BCUT2D eigenvalue weighted by Gasteiger charge is -2.24. The molecule has 4 rings (SSSR count). The molecule has 1 atom stereocenters. The minimum atomic E-state index is -0.356. The van der Waals surface area contributed by atoms with Gasteiger partial charge in [0.25, 0.3) is 11.8 Å². The lowest BCUT2D eigenvalue weighted by Crippen LogP contribution is -2.33. The summed E-state index contributed by atoms with van der Waals surface area (Å²) in [4.78, 5) is 39.4. The van der Waals surface area contributed by atoms with Crippen molar-refractivity contribution in [2.45, 2.75) is 27.2 Å². The molecule has 0 saturated carbocycles. The molecule has 7 heteroatoms. The maximum Gasteiger partial charge on any atom is 0.302 e. The third-order valence-corrected chi connectivity index (χ3v) is 6.38. The molecule has 0 aromatic heterocycles. The Morgan fingerprint density at radius 2 is 1.81 bits per heavy atom. The van der Waals surface area contributed by atoms with Gasteiger partial charge in [-0.1, -0.05) is 29.8 Å². The van der Waals surface area contributed by atoms with Crippen LogP contribution in [0.15, 0.2) is 60.7 Å². The van der Waals surface area contributed by atoms with Crippen LogP contribution in [0.1, 0.15) is 50.8 Å². The highest BCUT2D eigenvalue weighted by Gasteiger charge is 2.28. The average molecular weight is 503 g/mol. The Morgan fingerprint density at radius 3 is 2.53 bits per heavy atom. The summed E-state index contributed by atoms with van der Waals surface area (Å²) < 4.78 is 5.19. The number of carbonyl (C=O) groups is 3. The first-order valence-electron chi connectivity index (χ1n) is 11.7. The van der Waals surface area contributed by atoms with E-state index >= 15 is 0 Å². The molecule has 3 aromatic rings. The number of halogens is 1. The summed E-state index contributed by atoms with van der Waals surface area (Å²) in [5.74, 6) is -0.882. The zero-order chi connectivity index (χ0) is 25.8. The van der Waals surface area contributed by atoms with Crippen molar-refractivity contribution in [2.75, 3.05) is 23.4 Å². The maximum absolute atomic E-state index is 13.7. The summed E-state index contributed by atoms with van der Waals surface area (Å²) in [7, 11) is 0. The summed E-state index contributed by atoms with van der Waals surface area (Å²) in [5, 5.41) is 3.45. The van der Waals surface area contributed by atoms with Crippen molar-refractivity contribution in [1.82, 2.24) is 0 Å². The summed E-state index contributed by atoms with van der Waals surface area (Å²) in [6.07, 6.45) is 3.93. The van der Waals surface area contributed by atoms with Gasteiger partial charge in [0.15, 0.2) is 0 Å². The highest BCUT2D eigenvalue weighted by molar-refractivity contribution is 6.30. The third-order valence-electron chi connectivity index (χ3n) is 6.15. The number of anilines is 2. The van der Waals surface area contributed by atoms with E-state index in [9.17, 15) is 14.4 Å². The molecule has 184 valence electrons. The minimum absolute atomic E-state index is 0.163. The van der Waals surface area contributed by atoms with Crippen LogP contribution < -0.4 is 10.2 Å². The van der Waals surface area contributed by atoms with Crippen LogP contribution in [0, 0.1) is 26.2 Å². The number of hydrogen-bond donors (Lipinski definition) is 1. The minimum Gasteiger partial charge on any atom is -0.466 e. The number of amides is 2. The van der Waals surface area contributed by atoms with E-state index in [-0.39, 0.29) is 30.3 Å². The van der Waals surface area contributed by atoms with E-state index in [0.717, 1.165) is 11.1 Å². The first kappa shape index (κ1) is 25.5. The van der Waals surface area contributed by atoms with Gasteiger partial charge < -0.3 is 15.0 Å². The summed E-state index contributed by atoms with van der Waals surface area (Å²) in [5.41, 5.74) is 4.78. The van der Waals surface area contributed by atoms with Gasteiger partial charge in [0.05, 0.1) is 6.61 Å². The summed E-state index contributed by atoms with van der Waals surface area (Å²) in [6, 6.07) is 18.0. The van der Waals surface area contributed by atoms with Crippen LogP contribution in [0.2, 0.25) is 5.02 Å². The van der Waals surface area contributed by atoms with Crippen LogP contribution in [0.3, 0.4) is 0 Å². The van der Waals surface area contributed by atoms with Crippen molar-refractivity contribution in [1.29, 1.82) is 0 Å². The number of aryl methyl sites for hydroxylation is 2. The Bertz CT molecular complexity index is 1320. The van der Waals surface area contributed by atoms with Crippen LogP contribution in [0.5, 0.6) is 0 Å². The number of nitrogens with one attached hydrogen (secondary N) is 1. The molecule has 3 aromatic carbocycles. The summed E-state index contributed by atoms with van der Waals surface area (Å²) >= 11 is 6.22. The number of benzene rings is 3. The lowest BCUT2D eigenvalue weighted by molar-refractivity contribution is -0.142. The molecular formula is C29H27ClN2O4. The second-order valence-electron chi connectivity index (χ2n) is 8.85. The molecule has 0 aliphatic carbocycles.